The van der Waals surface area contributed by atoms with E-state index in [1.807, 2.05) is 11.3 Å². The third-order valence-corrected chi connectivity index (χ3v) is 4.22. The van der Waals surface area contributed by atoms with Crippen molar-refractivity contribution in [2.24, 2.45) is 5.92 Å². The molecule has 0 radical (unpaired) electrons. The molecule has 15 heavy (non-hydrogen) atoms. The van der Waals surface area contributed by atoms with E-state index in [-0.39, 0.29) is 0 Å². The molecule has 2 atom stereocenters. The second-order valence-corrected chi connectivity index (χ2v) is 5.50. The molecule has 1 nitrogen and oxygen atoms in total. The van der Waals surface area contributed by atoms with E-state index in [9.17, 15) is 0 Å². The minimum Gasteiger partial charge on any atom is -0.314 e. The van der Waals surface area contributed by atoms with Crippen molar-refractivity contribution in [2.75, 3.05) is 6.54 Å². The van der Waals surface area contributed by atoms with E-state index in [0.717, 1.165) is 6.54 Å². The third kappa shape index (κ3) is 3.96. The maximum absolute atomic E-state index is 3.49. The summed E-state index contributed by atoms with van der Waals surface area (Å²) in [6, 6.07) is 5.17. The monoisotopic (exact) mass is 225 g/mol. The van der Waals surface area contributed by atoms with Crippen LogP contribution in [0.2, 0.25) is 0 Å². The quantitative estimate of drug-likeness (QED) is 0.781. The van der Waals surface area contributed by atoms with Crippen LogP contribution in [0.1, 0.15) is 37.4 Å². The van der Waals surface area contributed by atoms with Crippen LogP contribution in [-0.4, -0.2) is 12.6 Å². The first-order valence-electron chi connectivity index (χ1n) is 5.98. The van der Waals surface area contributed by atoms with Gasteiger partial charge >= 0.3 is 0 Å². The van der Waals surface area contributed by atoms with Gasteiger partial charge in [0.1, 0.15) is 0 Å². The second kappa shape index (κ2) is 6.29. The maximum Gasteiger partial charge on any atom is 0.00677 e. The lowest BCUT2D eigenvalue weighted by Crippen LogP contribution is -2.32. The normalized spacial score (nSPS) is 15.2. The SMILES string of the molecule is CCNC(C)C(C)Cc1ccc(CC)s1. The smallest absolute Gasteiger partial charge is 0.00677 e. The second-order valence-electron chi connectivity index (χ2n) is 4.25. The zero-order valence-corrected chi connectivity index (χ0v) is 11.2. The molecule has 0 spiro atoms. The summed E-state index contributed by atoms with van der Waals surface area (Å²) >= 11 is 1.97. The molecule has 0 aliphatic rings. The lowest BCUT2D eigenvalue weighted by molar-refractivity contribution is 0.408. The molecular formula is C13H23NS. The number of aryl methyl sites for hydroxylation is 1. The topological polar surface area (TPSA) is 12.0 Å². The van der Waals surface area contributed by atoms with Crippen molar-refractivity contribution >= 4 is 11.3 Å². The lowest BCUT2D eigenvalue weighted by atomic mass is 9.99. The molecule has 0 bridgehead atoms. The number of thiophene rings is 1. The van der Waals surface area contributed by atoms with Gasteiger partial charge in [-0.3, -0.25) is 0 Å². The van der Waals surface area contributed by atoms with E-state index in [4.69, 9.17) is 0 Å². The molecule has 0 aliphatic heterocycles. The molecule has 86 valence electrons. The lowest BCUT2D eigenvalue weighted by Gasteiger charge is -2.19. The van der Waals surface area contributed by atoms with Gasteiger partial charge in [-0.1, -0.05) is 20.8 Å². The fourth-order valence-corrected chi connectivity index (χ4v) is 2.84. The summed E-state index contributed by atoms with van der Waals surface area (Å²) in [6.45, 7) is 10.1. The first kappa shape index (κ1) is 12.7. The highest BCUT2D eigenvalue weighted by molar-refractivity contribution is 7.11. The largest absolute Gasteiger partial charge is 0.314 e. The summed E-state index contributed by atoms with van der Waals surface area (Å²) in [6.07, 6.45) is 2.38. The van der Waals surface area contributed by atoms with Gasteiger partial charge in [-0.15, -0.1) is 11.3 Å². The van der Waals surface area contributed by atoms with Gasteiger partial charge in [-0.25, -0.2) is 0 Å². The zero-order chi connectivity index (χ0) is 11.3. The van der Waals surface area contributed by atoms with Gasteiger partial charge in [-0.05, 0) is 44.4 Å². The molecule has 1 aromatic heterocycles. The Labute approximate surface area is 97.9 Å². The molecule has 1 N–H and O–H groups in total. The highest BCUT2D eigenvalue weighted by Gasteiger charge is 2.12. The van der Waals surface area contributed by atoms with Gasteiger partial charge in [0.15, 0.2) is 0 Å². The predicted molar refractivity (Wildman–Crippen MR) is 69.7 cm³/mol. The minimum atomic E-state index is 0.613. The van der Waals surface area contributed by atoms with E-state index in [2.05, 4.69) is 45.1 Å². The molecular weight excluding hydrogens is 202 g/mol. The molecule has 1 heterocycles. The molecule has 1 rings (SSSR count). The van der Waals surface area contributed by atoms with Crippen molar-refractivity contribution in [1.82, 2.24) is 5.32 Å². The Balaban J connectivity index is 2.46. The summed E-state index contributed by atoms with van der Waals surface area (Å²) in [4.78, 5) is 3.04. The van der Waals surface area contributed by atoms with Gasteiger partial charge in [0, 0.05) is 15.8 Å². The van der Waals surface area contributed by atoms with Gasteiger partial charge in [-0.2, -0.15) is 0 Å². The Morgan fingerprint density at radius 1 is 1.20 bits per heavy atom. The maximum atomic E-state index is 3.49. The van der Waals surface area contributed by atoms with E-state index in [0.29, 0.717) is 12.0 Å². The van der Waals surface area contributed by atoms with Crippen LogP contribution < -0.4 is 5.32 Å². The van der Waals surface area contributed by atoms with Gasteiger partial charge in [0.25, 0.3) is 0 Å². The molecule has 0 amide bonds. The van der Waals surface area contributed by atoms with E-state index in [1.54, 1.807) is 0 Å². The fourth-order valence-electron chi connectivity index (χ4n) is 1.74. The van der Waals surface area contributed by atoms with Crippen molar-refractivity contribution in [3.63, 3.8) is 0 Å². The molecule has 0 saturated heterocycles. The number of hydrogen-bond donors (Lipinski definition) is 1. The van der Waals surface area contributed by atoms with Crippen molar-refractivity contribution in [3.05, 3.63) is 21.9 Å². The highest BCUT2D eigenvalue weighted by atomic mass is 32.1. The summed E-state index contributed by atoms with van der Waals surface area (Å²) < 4.78 is 0. The van der Waals surface area contributed by atoms with Crippen LogP contribution in [0.15, 0.2) is 12.1 Å². The Kier molecular flexibility index (Phi) is 5.34. The van der Waals surface area contributed by atoms with Crippen LogP contribution in [0.3, 0.4) is 0 Å². The standard InChI is InChI=1S/C13H23NS/c1-5-12-7-8-13(15-12)9-10(3)11(4)14-6-2/h7-8,10-11,14H,5-6,9H2,1-4H3. The summed E-state index contributed by atoms with van der Waals surface area (Å²) in [5.74, 6) is 0.716. The van der Waals surface area contributed by atoms with Crippen LogP contribution in [0.4, 0.5) is 0 Å². The number of nitrogens with one attached hydrogen (secondary N) is 1. The molecule has 0 fully saturated rings. The van der Waals surface area contributed by atoms with E-state index >= 15 is 0 Å². The van der Waals surface area contributed by atoms with E-state index in [1.165, 1.54) is 22.6 Å². The van der Waals surface area contributed by atoms with Gasteiger partial charge < -0.3 is 5.32 Å². The molecule has 0 aromatic carbocycles. The van der Waals surface area contributed by atoms with Crippen LogP contribution in [-0.2, 0) is 12.8 Å². The Bertz CT molecular complexity index is 280. The number of hydrogen-bond acceptors (Lipinski definition) is 2. The molecule has 0 saturated carbocycles. The summed E-state index contributed by atoms with van der Waals surface area (Å²) in [7, 11) is 0. The Morgan fingerprint density at radius 3 is 2.40 bits per heavy atom. The van der Waals surface area contributed by atoms with Crippen LogP contribution in [0, 0.1) is 5.92 Å². The Hall–Kier alpha value is -0.340. The summed E-state index contributed by atoms with van der Waals surface area (Å²) in [5.41, 5.74) is 0. The average Bonchev–Trinajstić information content (AvgIpc) is 2.66. The zero-order valence-electron chi connectivity index (χ0n) is 10.3. The molecule has 1 aromatic rings. The minimum absolute atomic E-state index is 0.613. The predicted octanol–water partition coefficient (Wildman–Crippen LogP) is 3.49. The first-order valence-corrected chi connectivity index (χ1v) is 6.80. The Morgan fingerprint density at radius 2 is 1.87 bits per heavy atom. The van der Waals surface area contributed by atoms with Crippen LogP contribution in [0.25, 0.3) is 0 Å². The highest BCUT2D eigenvalue weighted by Crippen LogP contribution is 2.21. The fraction of sp³-hybridized carbons (Fsp3) is 0.692. The summed E-state index contributed by atoms with van der Waals surface area (Å²) in [5, 5.41) is 3.49. The van der Waals surface area contributed by atoms with Crippen molar-refractivity contribution < 1.29 is 0 Å². The molecule has 2 unspecified atom stereocenters. The van der Waals surface area contributed by atoms with Gasteiger partial charge in [0.2, 0.25) is 0 Å². The van der Waals surface area contributed by atoms with Crippen LogP contribution in [0.5, 0.6) is 0 Å². The third-order valence-electron chi connectivity index (χ3n) is 2.97. The van der Waals surface area contributed by atoms with Crippen molar-refractivity contribution in [2.45, 2.75) is 46.6 Å². The average molecular weight is 225 g/mol. The molecule has 2 heteroatoms. The number of rotatable bonds is 6. The molecule has 0 aliphatic carbocycles. The van der Waals surface area contributed by atoms with Gasteiger partial charge in [0.05, 0.1) is 0 Å². The van der Waals surface area contributed by atoms with Crippen molar-refractivity contribution in [1.29, 1.82) is 0 Å². The van der Waals surface area contributed by atoms with Crippen molar-refractivity contribution in [3.8, 4) is 0 Å². The van der Waals surface area contributed by atoms with Crippen LogP contribution >= 0.6 is 11.3 Å². The van der Waals surface area contributed by atoms with E-state index < -0.39 is 0 Å². The first-order chi connectivity index (χ1) is 7.17.